The van der Waals surface area contributed by atoms with Gasteiger partial charge < -0.3 is 15.3 Å². The standard InChI is InChI=1S/C23H29N3O5/c1-16(2)15-26(13-12-21(27)28)23(30)24-20(22(29)25-31)14-17-8-10-19(11-9-17)18-6-4-3-5-7-18/h3-11,16,20,31H,12-15H2,1-2H3,(H,24,30)(H,25,29)(H,27,28)/t20-/m0/s1. The topological polar surface area (TPSA) is 119 Å². The fourth-order valence-corrected chi connectivity index (χ4v) is 3.17. The van der Waals surface area contributed by atoms with Gasteiger partial charge in [-0.3, -0.25) is 14.8 Å². The number of hydrogen-bond acceptors (Lipinski definition) is 4. The summed E-state index contributed by atoms with van der Waals surface area (Å²) in [5.74, 6) is -1.64. The Bertz CT molecular complexity index is 869. The minimum absolute atomic E-state index is 0.0264. The lowest BCUT2D eigenvalue weighted by molar-refractivity contribution is -0.137. The molecule has 0 saturated heterocycles. The first-order valence-electron chi connectivity index (χ1n) is 10.2. The highest BCUT2D eigenvalue weighted by atomic mass is 16.5. The lowest BCUT2D eigenvalue weighted by Crippen LogP contribution is -2.52. The highest BCUT2D eigenvalue weighted by molar-refractivity contribution is 5.86. The molecule has 166 valence electrons. The summed E-state index contributed by atoms with van der Waals surface area (Å²) >= 11 is 0. The van der Waals surface area contributed by atoms with Gasteiger partial charge in [0, 0.05) is 19.5 Å². The van der Waals surface area contributed by atoms with Gasteiger partial charge in [-0.1, -0.05) is 68.4 Å². The zero-order valence-electron chi connectivity index (χ0n) is 17.7. The maximum absolute atomic E-state index is 12.7. The van der Waals surface area contributed by atoms with E-state index in [4.69, 9.17) is 10.3 Å². The summed E-state index contributed by atoms with van der Waals surface area (Å²) in [5, 5.41) is 20.7. The van der Waals surface area contributed by atoms with Crippen LogP contribution in [0.3, 0.4) is 0 Å². The molecule has 0 aliphatic heterocycles. The van der Waals surface area contributed by atoms with Crippen molar-refractivity contribution in [2.45, 2.75) is 32.7 Å². The molecule has 0 aliphatic rings. The van der Waals surface area contributed by atoms with Crippen LogP contribution in [-0.4, -0.2) is 52.3 Å². The first-order valence-corrected chi connectivity index (χ1v) is 10.2. The Balaban J connectivity index is 2.10. The SMILES string of the molecule is CC(C)CN(CCC(=O)O)C(=O)N[C@@H](Cc1ccc(-c2ccccc2)cc1)C(=O)NO. The fraction of sp³-hybridized carbons (Fsp3) is 0.348. The number of nitrogens with one attached hydrogen (secondary N) is 2. The predicted molar refractivity (Wildman–Crippen MR) is 116 cm³/mol. The Labute approximate surface area is 181 Å². The Hall–Kier alpha value is -3.39. The van der Waals surface area contributed by atoms with Crippen LogP contribution in [0.15, 0.2) is 54.6 Å². The van der Waals surface area contributed by atoms with Crippen molar-refractivity contribution in [3.05, 3.63) is 60.2 Å². The number of carbonyl (C=O) groups excluding carboxylic acids is 2. The van der Waals surface area contributed by atoms with Gasteiger partial charge in [0.05, 0.1) is 6.42 Å². The van der Waals surface area contributed by atoms with E-state index < -0.39 is 23.9 Å². The fourth-order valence-electron chi connectivity index (χ4n) is 3.17. The largest absolute Gasteiger partial charge is 0.481 e. The monoisotopic (exact) mass is 427 g/mol. The minimum Gasteiger partial charge on any atom is -0.481 e. The number of nitrogens with zero attached hydrogens (tertiary/aromatic N) is 1. The van der Waals surface area contributed by atoms with Crippen LogP contribution in [0.5, 0.6) is 0 Å². The number of hydroxylamine groups is 1. The highest BCUT2D eigenvalue weighted by Gasteiger charge is 2.24. The Morgan fingerprint density at radius 3 is 2.13 bits per heavy atom. The van der Waals surface area contributed by atoms with Crippen molar-refractivity contribution in [1.82, 2.24) is 15.7 Å². The first-order chi connectivity index (χ1) is 14.8. The lowest BCUT2D eigenvalue weighted by atomic mass is 10.0. The highest BCUT2D eigenvalue weighted by Crippen LogP contribution is 2.19. The molecule has 0 fully saturated rings. The summed E-state index contributed by atoms with van der Waals surface area (Å²) in [7, 11) is 0. The molecule has 2 aromatic carbocycles. The van der Waals surface area contributed by atoms with Crippen LogP contribution in [0.1, 0.15) is 25.8 Å². The molecule has 1 atom stereocenters. The molecule has 0 spiro atoms. The van der Waals surface area contributed by atoms with Gasteiger partial charge >= 0.3 is 12.0 Å². The third-order valence-corrected chi connectivity index (χ3v) is 4.69. The number of aliphatic carboxylic acids is 1. The minimum atomic E-state index is -1.01. The summed E-state index contributed by atoms with van der Waals surface area (Å²) in [6.07, 6.45) is -0.0282. The van der Waals surface area contributed by atoms with E-state index in [1.54, 1.807) is 5.48 Å². The van der Waals surface area contributed by atoms with Crippen molar-refractivity contribution < 1.29 is 24.7 Å². The zero-order valence-corrected chi connectivity index (χ0v) is 17.7. The molecule has 8 nitrogen and oxygen atoms in total. The Morgan fingerprint density at radius 2 is 1.58 bits per heavy atom. The summed E-state index contributed by atoms with van der Waals surface area (Å²) in [4.78, 5) is 37.1. The third kappa shape index (κ3) is 7.75. The van der Waals surface area contributed by atoms with Crippen LogP contribution in [0.2, 0.25) is 0 Å². The summed E-state index contributed by atoms with van der Waals surface area (Å²) < 4.78 is 0. The zero-order chi connectivity index (χ0) is 22.8. The molecule has 2 aromatic rings. The van der Waals surface area contributed by atoms with Gasteiger partial charge in [-0.15, -0.1) is 0 Å². The molecule has 3 amide bonds. The van der Waals surface area contributed by atoms with E-state index in [9.17, 15) is 14.4 Å². The van der Waals surface area contributed by atoms with Crippen molar-refractivity contribution >= 4 is 17.9 Å². The normalized spacial score (nSPS) is 11.6. The van der Waals surface area contributed by atoms with E-state index in [1.165, 1.54) is 4.90 Å². The average molecular weight is 428 g/mol. The Kier molecular flexibility index (Phi) is 9.02. The number of rotatable bonds is 10. The summed E-state index contributed by atoms with van der Waals surface area (Å²) in [6.45, 7) is 4.19. The van der Waals surface area contributed by atoms with Crippen LogP contribution < -0.4 is 10.8 Å². The van der Waals surface area contributed by atoms with E-state index in [0.717, 1.165) is 16.7 Å². The van der Waals surface area contributed by atoms with Crippen LogP contribution in [0.4, 0.5) is 4.79 Å². The number of urea groups is 1. The molecular weight excluding hydrogens is 398 g/mol. The summed E-state index contributed by atoms with van der Waals surface area (Å²) in [5.41, 5.74) is 4.48. The molecule has 0 bridgehead atoms. The molecular formula is C23H29N3O5. The van der Waals surface area contributed by atoms with Gasteiger partial charge in [0.25, 0.3) is 5.91 Å². The smallest absolute Gasteiger partial charge is 0.318 e. The van der Waals surface area contributed by atoms with Crippen LogP contribution >= 0.6 is 0 Å². The molecule has 0 aliphatic carbocycles. The van der Waals surface area contributed by atoms with Crippen molar-refractivity contribution in [3.63, 3.8) is 0 Å². The number of amides is 3. The van der Waals surface area contributed by atoms with E-state index in [-0.39, 0.29) is 25.3 Å². The van der Waals surface area contributed by atoms with Crippen molar-refractivity contribution in [2.24, 2.45) is 5.92 Å². The van der Waals surface area contributed by atoms with Gasteiger partial charge in [0.2, 0.25) is 0 Å². The molecule has 0 saturated carbocycles. The number of carboxylic acids is 1. The lowest BCUT2D eigenvalue weighted by Gasteiger charge is -2.27. The van der Waals surface area contributed by atoms with E-state index in [2.05, 4.69) is 5.32 Å². The van der Waals surface area contributed by atoms with E-state index in [1.807, 2.05) is 68.4 Å². The van der Waals surface area contributed by atoms with Gasteiger partial charge in [-0.05, 0) is 22.6 Å². The van der Waals surface area contributed by atoms with Crippen LogP contribution in [0, 0.1) is 5.92 Å². The van der Waals surface area contributed by atoms with E-state index >= 15 is 0 Å². The van der Waals surface area contributed by atoms with Crippen molar-refractivity contribution in [2.75, 3.05) is 13.1 Å². The summed E-state index contributed by atoms with van der Waals surface area (Å²) in [6, 6.07) is 15.9. The Morgan fingerprint density at radius 1 is 0.968 bits per heavy atom. The molecule has 8 heteroatoms. The average Bonchev–Trinajstić information content (AvgIpc) is 2.76. The number of carbonyl (C=O) groups is 3. The second-order valence-corrected chi connectivity index (χ2v) is 7.73. The molecule has 0 heterocycles. The number of carboxylic acid groups (broad SMARTS) is 1. The van der Waals surface area contributed by atoms with Crippen LogP contribution in [-0.2, 0) is 16.0 Å². The maximum Gasteiger partial charge on any atom is 0.318 e. The van der Waals surface area contributed by atoms with E-state index in [0.29, 0.717) is 6.54 Å². The first kappa shape index (κ1) is 23.9. The molecule has 2 rings (SSSR count). The van der Waals surface area contributed by atoms with Gasteiger partial charge in [-0.25, -0.2) is 10.3 Å². The van der Waals surface area contributed by atoms with Gasteiger partial charge in [-0.2, -0.15) is 0 Å². The molecule has 0 aromatic heterocycles. The quantitative estimate of drug-likeness (QED) is 0.343. The predicted octanol–water partition coefficient (Wildman–Crippen LogP) is 2.91. The maximum atomic E-state index is 12.7. The van der Waals surface area contributed by atoms with Gasteiger partial charge in [0.1, 0.15) is 6.04 Å². The second-order valence-electron chi connectivity index (χ2n) is 7.73. The number of hydrogen-bond donors (Lipinski definition) is 4. The molecule has 31 heavy (non-hydrogen) atoms. The molecule has 4 N–H and O–H groups in total. The van der Waals surface area contributed by atoms with Gasteiger partial charge in [0.15, 0.2) is 0 Å². The van der Waals surface area contributed by atoms with Crippen LogP contribution in [0.25, 0.3) is 11.1 Å². The molecule has 0 unspecified atom stereocenters. The van der Waals surface area contributed by atoms with Crippen molar-refractivity contribution in [3.8, 4) is 11.1 Å². The second kappa shape index (κ2) is 11.7. The number of benzene rings is 2. The third-order valence-electron chi connectivity index (χ3n) is 4.69. The van der Waals surface area contributed by atoms with Crippen molar-refractivity contribution in [1.29, 1.82) is 0 Å². The molecule has 0 radical (unpaired) electrons.